The Hall–Kier alpha value is -0.870. The third-order valence-electron chi connectivity index (χ3n) is 3.53. The molecule has 0 aliphatic heterocycles. The molecule has 0 radical (unpaired) electrons. The van der Waals surface area contributed by atoms with Crippen molar-refractivity contribution in [3.8, 4) is 0 Å². The summed E-state index contributed by atoms with van der Waals surface area (Å²) in [5.41, 5.74) is 3.64. The lowest BCUT2D eigenvalue weighted by Crippen LogP contribution is -2.28. The molecule has 0 saturated carbocycles. The number of hydrogen-bond donors (Lipinski definition) is 1. The van der Waals surface area contributed by atoms with E-state index in [0.29, 0.717) is 0 Å². The van der Waals surface area contributed by atoms with E-state index in [-0.39, 0.29) is 6.61 Å². The molecule has 1 aromatic rings. The van der Waals surface area contributed by atoms with Crippen molar-refractivity contribution in [3.63, 3.8) is 0 Å². The Balaban J connectivity index is 2.64. The van der Waals surface area contributed by atoms with Crippen LogP contribution in [0.5, 0.6) is 0 Å². The summed E-state index contributed by atoms with van der Waals surface area (Å²) in [5, 5.41) is 13.6. The largest absolute Gasteiger partial charge is 0.395 e. The molecule has 0 unspecified atom stereocenters. The number of aryl methyl sites for hydroxylation is 2. The molecular weight excluding hydrogens is 226 g/mol. The summed E-state index contributed by atoms with van der Waals surface area (Å²) < 4.78 is 1.94. The number of aliphatic hydroxyl groups excluding tert-OH is 1. The molecule has 4 nitrogen and oxygen atoms in total. The highest BCUT2D eigenvalue weighted by Gasteiger charge is 2.13. The molecule has 1 N–H and O–H groups in total. The molecule has 0 atom stereocenters. The van der Waals surface area contributed by atoms with Crippen molar-refractivity contribution in [2.75, 3.05) is 19.7 Å². The number of aromatic nitrogens is 2. The second-order valence-corrected chi connectivity index (χ2v) is 4.98. The van der Waals surface area contributed by atoms with Gasteiger partial charge in [0.15, 0.2) is 0 Å². The van der Waals surface area contributed by atoms with E-state index < -0.39 is 0 Å². The highest BCUT2D eigenvalue weighted by Crippen LogP contribution is 2.15. The van der Waals surface area contributed by atoms with Gasteiger partial charge in [0.1, 0.15) is 0 Å². The Kier molecular flexibility index (Phi) is 6.36. The van der Waals surface area contributed by atoms with E-state index in [1.54, 1.807) is 0 Å². The zero-order chi connectivity index (χ0) is 13.5. The topological polar surface area (TPSA) is 41.3 Å². The third-order valence-corrected chi connectivity index (χ3v) is 3.53. The van der Waals surface area contributed by atoms with Gasteiger partial charge in [-0.25, -0.2) is 0 Å². The van der Waals surface area contributed by atoms with Gasteiger partial charge in [-0.05, 0) is 26.8 Å². The fourth-order valence-electron chi connectivity index (χ4n) is 2.27. The number of unbranched alkanes of at least 4 members (excludes halogenated alkanes) is 2. The SMILES string of the molecule is CCCCCN(CCO)Cc1c(C)nn(C)c1C. The Morgan fingerprint density at radius 2 is 1.94 bits per heavy atom. The third kappa shape index (κ3) is 4.10. The van der Waals surface area contributed by atoms with Gasteiger partial charge in [0.2, 0.25) is 0 Å². The van der Waals surface area contributed by atoms with Gasteiger partial charge >= 0.3 is 0 Å². The minimum absolute atomic E-state index is 0.227. The van der Waals surface area contributed by atoms with E-state index in [9.17, 15) is 0 Å². The number of rotatable bonds is 8. The van der Waals surface area contributed by atoms with Crippen LogP contribution in [0.15, 0.2) is 0 Å². The van der Waals surface area contributed by atoms with E-state index in [1.807, 2.05) is 11.7 Å². The van der Waals surface area contributed by atoms with E-state index in [4.69, 9.17) is 5.11 Å². The molecule has 1 aromatic heterocycles. The van der Waals surface area contributed by atoms with Gasteiger partial charge in [0.05, 0.1) is 12.3 Å². The van der Waals surface area contributed by atoms with Crippen molar-refractivity contribution >= 4 is 0 Å². The van der Waals surface area contributed by atoms with Gasteiger partial charge in [-0.1, -0.05) is 19.8 Å². The molecule has 18 heavy (non-hydrogen) atoms. The fourth-order valence-corrected chi connectivity index (χ4v) is 2.27. The second-order valence-electron chi connectivity index (χ2n) is 4.98. The van der Waals surface area contributed by atoms with Crippen LogP contribution in [-0.4, -0.2) is 39.5 Å². The molecule has 0 fully saturated rings. The van der Waals surface area contributed by atoms with Crippen LogP contribution in [0.3, 0.4) is 0 Å². The van der Waals surface area contributed by atoms with Crippen LogP contribution < -0.4 is 0 Å². The van der Waals surface area contributed by atoms with Crippen LogP contribution in [0.4, 0.5) is 0 Å². The van der Waals surface area contributed by atoms with E-state index >= 15 is 0 Å². The van der Waals surface area contributed by atoms with Crippen LogP contribution in [0.25, 0.3) is 0 Å². The lowest BCUT2D eigenvalue weighted by molar-refractivity contribution is 0.187. The van der Waals surface area contributed by atoms with Crippen molar-refractivity contribution in [3.05, 3.63) is 17.0 Å². The van der Waals surface area contributed by atoms with Crippen LogP contribution in [0, 0.1) is 13.8 Å². The lowest BCUT2D eigenvalue weighted by Gasteiger charge is -2.21. The maximum atomic E-state index is 9.15. The van der Waals surface area contributed by atoms with Crippen molar-refractivity contribution in [2.24, 2.45) is 7.05 Å². The van der Waals surface area contributed by atoms with Gasteiger partial charge in [-0.2, -0.15) is 5.10 Å². The molecule has 1 heterocycles. The van der Waals surface area contributed by atoms with Gasteiger partial charge in [-0.3, -0.25) is 9.58 Å². The van der Waals surface area contributed by atoms with Crippen molar-refractivity contribution in [1.82, 2.24) is 14.7 Å². The summed E-state index contributed by atoms with van der Waals surface area (Å²) in [5.74, 6) is 0. The summed E-state index contributed by atoms with van der Waals surface area (Å²) in [6.07, 6.45) is 3.69. The van der Waals surface area contributed by atoms with Gasteiger partial charge < -0.3 is 5.11 Å². The predicted molar refractivity (Wildman–Crippen MR) is 74.6 cm³/mol. The maximum absolute atomic E-state index is 9.15. The van der Waals surface area contributed by atoms with E-state index in [0.717, 1.165) is 25.3 Å². The summed E-state index contributed by atoms with van der Waals surface area (Å²) in [7, 11) is 1.99. The molecule has 4 heteroatoms. The zero-order valence-electron chi connectivity index (χ0n) is 12.2. The average Bonchev–Trinajstić information content (AvgIpc) is 2.56. The molecule has 0 spiro atoms. The Labute approximate surface area is 111 Å². The number of aliphatic hydroxyl groups is 1. The fraction of sp³-hybridized carbons (Fsp3) is 0.786. The normalized spacial score (nSPS) is 11.4. The minimum atomic E-state index is 0.227. The molecule has 0 aliphatic rings. The summed E-state index contributed by atoms with van der Waals surface area (Å²) in [6, 6.07) is 0. The maximum Gasteiger partial charge on any atom is 0.0641 e. The van der Waals surface area contributed by atoms with E-state index in [1.165, 1.54) is 30.5 Å². The standard InChI is InChI=1S/C14H27N3O/c1-5-6-7-8-17(9-10-18)11-14-12(2)15-16(4)13(14)3/h18H,5-11H2,1-4H3. The van der Waals surface area contributed by atoms with Crippen LogP contribution in [0.1, 0.15) is 43.1 Å². The summed E-state index contributed by atoms with van der Waals surface area (Å²) >= 11 is 0. The first kappa shape index (κ1) is 15.2. The average molecular weight is 253 g/mol. The van der Waals surface area contributed by atoms with Gasteiger partial charge in [0, 0.05) is 31.4 Å². The summed E-state index contributed by atoms with van der Waals surface area (Å²) in [6.45, 7) is 9.32. The Bertz CT molecular complexity index is 360. The molecule has 0 aromatic carbocycles. The Morgan fingerprint density at radius 3 is 2.44 bits per heavy atom. The molecule has 1 rings (SSSR count). The Morgan fingerprint density at radius 1 is 1.22 bits per heavy atom. The number of hydrogen-bond acceptors (Lipinski definition) is 3. The van der Waals surface area contributed by atoms with Crippen LogP contribution in [-0.2, 0) is 13.6 Å². The van der Waals surface area contributed by atoms with Crippen molar-refractivity contribution < 1.29 is 5.11 Å². The predicted octanol–water partition coefficient (Wildman–Crippen LogP) is 2.02. The molecule has 0 saturated heterocycles. The van der Waals surface area contributed by atoms with E-state index in [2.05, 4.69) is 30.8 Å². The van der Waals surface area contributed by atoms with Crippen molar-refractivity contribution in [2.45, 2.75) is 46.6 Å². The van der Waals surface area contributed by atoms with Crippen LogP contribution in [0.2, 0.25) is 0 Å². The lowest BCUT2D eigenvalue weighted by atomic mass is 10.1. The first-order chi connectivity index (χ1) is 8.60. The smallest absolute Gasteiger partial charge is 0.0641 e. The molecule has 0 amide bonds. The van der Waals surface area contributed by atoms with Gasteiger partial charge in [0.25, 0.3) is 0 Å². The highest BCUT2D eigenvalue weighted by molar-refractivity contribution is 5.24. The molecule has 104 valence electrons. The summed E-state index contributed by atoms with van der Waals surface area (Å²) in [4.78, 5) is 2.33. The number of nitrogens with zero attached hydrogens (tertiary/aromatic N) is 3. The second kappa shape index (κ2) is 7.54. The quantitative estimate of drug-likeness (QED) is 0.721. The first-order valence-electron chi connectivity index (χ1n) is 6.92. The molecule has 0 aliphatic carbocycles. The molecular formula is C14H27N3O. The first-order valence-corrected chi connectivity index (χ1v) is 6.92. The van der Waals surface area contributed by atoms with Gasteiger partial charge in [-0.15, -0.1) is 0 Å². The highest BCUT2D eigenvalue weighted by atomic mass is 16.3. The zero-order valence-corrected chi connectivity index (χ0v) is 12.2. The minimum Gasteiger partial charge on any atom is -0.395 e. The monoisotopic (exact) mass is 253 g/mol. The van der Waals surface area contributed by atoms with Crippen molar-refractivity contribution in [1.29, 1.82) is 0 Å². The molecule has 0 bridgehead atoms. The van der Waals surface area contributed by atoms with Crippen LogP contribution >= 0.6 is 0 Å².